The van der Waals surface area contributed by atoms with Crippen LogP contribution in [0.4, 0.5) is 19.0 Å². The Hall–Kier alpha value is -2.75. The first-order valence-electron chi connectivity index (χ1n) is 10.5. The van der Waals surface area contributed by atoms with Crippen LogP contribution in [0.3, 0.4) is 0 Å². The van der Waals surface area contributed by atoms with Crippen molar-refractivity contribution in [2.75, 3.05) is 5.32 Å². The number of halogens is 4. The molecule has 32 heavy (non-hydrogen) atoms. The van der Waals surface area contributed by atoms with Gasteiger partial charge in [-0.05, 0) is 51.7 Å². The molecule has 7 nitrogen and oxygen atoms in total. The second-order valence-corrected chi connectivity index (χ2v) is 8.69. The number of alkyl halides is 3. The Morgan fingerprint density at radius 3 is 2.47 bits per heavy atom. The van der Waals surface area contributed by atoms with Gasteiger partial charge in [0.15, 0.2) is 10.8 Å². The molecule has 3 aromatic rings. The van der Waals surface area contributed by atoms with Gasteiger partial charge in [-0.25, -0.2) is 4.98 Å². The van der Waals surface area contributed by atoms with Crippen LogP contribution < -0.4 is 10.6 Å². The molecule has 3 aromatic heterocycles. The zero-order chi connectivity index (χ0) is 23.0. The third-order valence-corrected chi connectivity index (χ3v) is 5.94. The summed E-state index contributed by atoms with van der Waals surface area (Å²) < 4.78 is 42.1. The van der Waals surface area contributed by atoms with E-state index in [2.05, 4.69) is 20.7 Å². The van der Waals surface area contributed by atoms with E-state index < -0.39 is 11.9 Å². The molecule has 1 aliphatic rings. The third kappa shape index (κ3) is 4.69. The summed E-state index contributed by atoms with van der Waals surface area (Å²) in [5, 5.41) is 10.7. The Labute approximate surface area is 188 Å². The molecule has 0 bridgehead atoms. The van der Waals surface area contributed by atoms with E-state index in [0.29, 0.717) is 11.4 Å². The first kappa shape index (κ1) is 22.4. The van der Waals surface area contributed by atoms with Crippen molar-refractivity contribution < 1.29 is 18.0 Å². The molecule has 0 atom stereocenters. The molecule has 1 amide bonds. The predicted molar refractivity (Wildman–Crippen MR) is 115 cm³/mol. The highest BCUT2D eigenvalue weighted by Crippen LogP contribution is 2.30. The van der Waals surface area contributed by atoms with E-state index in [1.165, 1.54) is 4.40 Å². The van der Waals surface area contributed by atoms with Gasteiger partial charge in [-0.15, -0.1) is 0 Å². The second-order valence-electron chi connectivity index (χ2n) is 8.34. The summed E-state index contributed by atoms with van der Waals surface area (Å²) in [4.78, 5) is 16.3. The molecule has 1 saturated carbocycles. The second kappa shape index (κ2) is 8.65. The van der Waals surface area contributed by atoms with E-state index in [0.717, 1.165) is 31.9 Å². The monoisotopic (exact) mass is 468 g/mol. The Kier molecular flexibility index (Phi) is 6.07. The van der Waals surface area contributed by atoms with E-state index in [4.69, 9.17) is 11.6 Å². The van der Waals surface area contributed by atoms with Gasteiger partial charge in [0.25, 0.3) is 5.91 Å². The van der Waals surface area contributed by atoms with Crippen LogP contribution in [0.2, 0.25) is 5.15 Å². The minimum absolute atomic E-state index is 0.000106. The number of hydrogen-bond donors (Lipinski definition) is 2. The minimum atomic E-state index is -4.49. The average molecular weight is 469 g/mol. The van der Waals surface area contributed by atoms with Crippen molar-refractivity contribution in [2.24, 2.45) is 0 Å². The largest absolute Gasteiger partial charge is 0.434 e. The van der Waals surface area contributed by atoms with Crippen LogP contribution >= 0.6 is 11.6 Å². The number of hydrogen-bond acceptors (Lipinski definition) is 4. The predicted octanol–water partition coefficient (Wildman–Crippen LogP) is 4.94. The maximum atomic E-state index is 13.0. The first-order chi connectivity index (χ1) is 15.1. The van der Waals surface area contributed by atoms with Gasteiger partial charge in [0, 0.05) is 30.5 Å². The fourth-order valence-electron chi connectivity index (χ4n) is 3.91. The maximum absolute atomic E-state index is 13.0. The molecule has 0 spiro atoms. The van der Waals surface area contributed by atoms with E-state index in [1.54, 1.807) is 29.1 Å². The van der Waals surface area contributed by atoms with Gasteiger partial charge in [-0.3, -0.25) is 13.9 Å². The molecule has 0 saturated heterocycles. The number of imidazole rings is 1. The SMILES string of the molecule is CC(C)n1cc(C(=O)NC2CCC(Nc3cccc4nc(C(F)(F)F)cn34)CC2)c(Cl)n1. The Morgan fingerprint density at radius 2 is 1.84 bits per heavy atom. The molecule has 3 heterocycles. The van der Waals surface area contributed by atoms with E-state index in [-0.39, 0.29) is 34.8 Å². The fourth-order valence-corrected chi connectivity index (χ4v) is 4.13. The first-order valence-corrected chi connectivity index (χ1v) is 10.9. The topological polar surface area (TPSA) is 76.2 Å². The molecule has 0 aliphatic heterocycles. The lowest BCUT2D eigenvalue weighted by Gasteiger charge is -2.30. The molecular weight excluding hydrogens is 445 g/mol. The molecule has 172 valence electrons. The van der Waals surface area contributed by atoms with E-state index >= 15 is 0 Å². The number of anilines is 1. The van der Waals surface area contributed by atoms with E-state index in [9.17, 15) is 18.0 Å². The normalized spacial score (nSPS) is 19.5. The molecule has 0 unspecified atom stereocenters. The van der Waals surface area contributed by atoms with Crippen LogP contribution in [0.5, 0.6) is 0 Å². The molecule has 4 rings (SSSR count). The molecule has 11 heteroatoms. The molecule has 0 radical (unpaired) electrons. The van der Waals surface area contributed by atoms with Crippen molar-refractivity contribution in [3.8, 4) is 0 Å². The molecule has 1 aliphatic carbocycles. The summed E-state index contributed by atoms with van der Waals surface area (Å²) in [6.07, 6.45) is 1.18. The van der Waals surface area contributed by atoms with Crippen molar-refractivity contribution in [1.29, 1.82) is 0 Å². The van der Waals surface area contributed by atoms with Gasteiger partial charge in [0.1, 0.15) is 11.5 Å². The lowest BCUT2D eigenvalue weighted by atomic mass is 9.91. The fraction of sp³-hybridized carbons (Fsp3) is 0.476. The highest BCUT2D eigenvalue weighted by molar-refractivity contribution is 6.32. The van der Waals surface area contributed by atoms with Crippen molar-refractivity contribution in [3.05, 3.63) is 47.0 Å². The van der Waals surface area contributed by atoms with Crippen molar-refractivity contribution in [3.63, 3.8) is 0 Å². The number of amides is 1. The third-order valence-electron chi connectivity index (χ3n) is 5.66. The standard InChI is InChI=1S/C21H24ClF3N6O/c1-12(2)31-10-15(19(22)29-31)20(32)27-14-8-6-13(7-9-14)26-17-4-3-5-18-28-16(11-30(17)18)21(23,24)25/h3-5,10-14,26H,6-9H2,1-2H3,(H,27,32). The summed E-state index contributed by atoms with van der Waals surface area (Å²) in [7, 11) is 0. The van der Waals surface area contributed by atoms with Gasteiger partial charge in [-0.2, -0.15) is 18.3 Å². The Morgan fingerprint density at radius 1 is 1.16 bits per heavy atom. The number of nitrogens with one attached hydrogen (secondary N) is 2. The highest BCUT2D eigenvalue weighted by atomic mass is 35.5. The summed E-state index contributed by atoms with van der Waals surface area (Å²) >= 11 is 6.11. The van der Waals surface area contributed by atoms with Crippen molar-refractivity contribution >= 4 is 29.0 Å². The van der Waals surface area contributed by atoms with Crippen LogP contribution in [0.25, 0.3) is 5.65 Å². The summed E-state index contributed by atoms with van der Waals surface area (Å²) in [5.74, 6) is 0.312. The number of fused-ring (bicyclic) bond motifs is 1. The van der Waals surface area contributed by atoms with Crippen LogP contribution in [0.1, 0.15) is 61.6 Å². The summed E-state index contributed by atoms with van der Waals surface area (Å²) in [6.45, 7) is 3.90. The van der Waals surface area contributed by atoms with Gasteiger partial charge >= 0.3 is 6.18 Å². The average Bonchev–Trinajstić information content (AvgIpc) is 3.34. The lowest BCUT2D eigenvalue weighted by molar-refractivity contribution is -0.140. The summed E-state index contributed by atoms with van der Waals surface area (Å²) in [5.41, 5.74) is -0.326. The number of rotatable bonds is 5. The number of carbonyl (C=O) groups is 1. The van der Waals surface area contributed by atoms with Gasteiger partial charge in [0.2, 0.25) is 0 Å². The number of pyridine rings is 1. The van der Waals surface area contributed by atoms with Crippen LogP contribution in [-0.4, -0.2) is 37.2 Å². The smallest absolute Gasteiger partial charge is 0.368 e. The molecule has 1 fully saturated rings. The van der Waals surface area contributed by atoms with Crippen molar-refractivity contribution in [2.45, 2.75) is 63.8 Å². The zero-order valence-corrected chi connectivity index (χ0v) is 18.4. The lowest BCUT2D eigenvalue weighted by Crippen LogP contribution is -2.40. The molecule has 2 N–H and O–H groups in total. The maximum Gasteiger partial charge on any atom is 0.434 e. The zero-order valence-electron chi connectivity index (χ0n) is 17.7. The van der Waals surface area contributed by atoms with Gasteiger partial charge in [0.05, 0.1) is 5.56 Å². The number of nitrogens with zero attached hydrogens (tertiary/aromatic N) is 4. The van der Waals surface area contributed by atoms with E-state index in [1.807, 2.05) is 13.8 Å². The Balaban J connectivity index is 1.36. The van der Waals surface area contributed by atoms with Crippen LogP contribution in [-0.2, 0) is 6.18 Å². The highest BCUT2D eigenvalue weighted by Gasteiger charge is 2.34. The summed E-state index contributed by atoms with van der Waals surface area (Å²) in [6, 6.07) is 5.13. The quantitative estimate of drug-likeness (QED) is 0.556. The van der Waals surface area contributed by atoms with Gasteiger partial charge < -0.3 is 10.6 Å². The van der Waals surface area contributed by atoms with Crippen molar-refractivity contribution in [1.82, 2.24) is 24.5 Å². The van der Waals surface area contributed by atoms with Gasteiger partial charge in [-0.1, -0.05) is 17.7 Å². The number of carbonyl (C=O) groups excluding carboxylic acids is 1. The van der Waals surface area contributed by atoms with Crippen LogP contribution in [0, 0.1) is 0 Å². The Bertz CT molecular complexity index is 1110. The van der Waals surface area contributed by atoms with Crippen LogP contribution in [0.15, 0.2) is 30.6 Å². The number of aromatic nitrogens is 4. The minimum Gasteiger partial charge on any atom is -0.368 e. The molecular formula is C21H24ClF3N6O. The molecule has 0 aromatic carbocycles.